The van der Waals surface area contributed by atoms with Crippen LogP contribution in [0.5, 0.6) is 0 Å². The molecule has 4 heterocycles. The van der Waals surface area contributed by atoms with Crippen LogP contribution in [0, 0.1) is 5.92 Å². The molecule has 15 heavy (non-hydrogen) atoms. The lowest BCUT2D eigenvalue weighted by molar-refractivity contribution is 0.0215. The fraction of sp³-hybridized carbons (Fsp3) is 0.500. The average Bonchev–Trinajstić information content (AvgIpc) is 2.77. The highest BCUT2D eigenvalue weighted by atomic mass is 32.1. The van der Waals surface area contributed by atoms with Gasteiger partial charge < -0.3 is 10.0 Å². The standard InChI is InChI=1S/C12H15NOS/c14-12-10-1-4-13(5-2-10)11(12)7-9-3-6-15-8-9/h3,6-8,10,12,14H,1-2,4-5H2/b11-7-/t12-/m1/s1. The van der Waals surface area contributed by atoms with Crippen molar-refractivity contribution < 1.29 is 5.11 Å². The smallest absolute Gasteiger partial charge is 0.0965 e. The Morgan fingerprint density at radius 2 is 2.20 bits per heavy atom. The Labute approximate surface area is 93.8 Å². The fourth-order valence-electron chi connectivity index (χ4n) is 2.61. The van der Waals surface area contributed by atoms with Crippen LogP contribution in [0.4, 0.5) is 0 Å². The molecule has 2 nitrogen and oxygen atoms in total. The van der Waals surface area contributed by atoms with Crippen molar-refractivity contribution in [2.24, 2.45) is 5.92 Å². The van der Waals surface area contributed by atoms with Crippen LogP contribution in [0.25, 0.3) is 6.08 Å². The van der Waals surface area contributed by atoms with Crippen molar-refractivity contribution in [3.8, 4) is 0 Å². The quantitative estimate of drug-likeness (QED) is 0.785. The maximum absolute atomic E-state index is 10.2. The Bertz CT molecular complexity index is 359. The number of fused-ring (bicyclic) bond motifs is 3. The summed E-state index contributed by atoms with van der Waals surface area (Å²) >= 11 is 1.70. The lowest BCUT2D eigenvalue weighted by Crippen LogP contribution is -2.48. The highest BCUT2D eigenvalue weighted by Crippen LogP contribution is 2.35. The number of aliphatic hydroxyl groups excluding tert-OH is 1. The molecule has 1 N–H and O–H groups in total. The van der Waals surface area contributed by atoms with E-state index in [0.717, 1.165) is 31.6 Å². The zero-order valence-corrected chi connectivity index (χ0v) is 9.41. The van der Waals surface area contributed by atoms with E-state index < -0.39 is 0 Å². The predicted octanol–water partition coefficient (Wildman–Crippen LogP) is 2.18. The van der Waals surface area contributed by atoms with Crippen molar-refractivity contribution in [1.82, 2.24) is 4.90 Å². The number of rotatable bonds is 1. The molecule has 3 aliphatic rings. The van der Waals surface area contributed by atoms with Crippen LogP contribution in [0.2, 0.25) is 0 Å². The predicted molar refractivity (Wildman–Crippen MR) is 62.6 cm³/mol. The molecule has 0 saturated carbocycles. The van der Waals surface area contributed by atoms with E-state index in [9.17, 15) is 5.11 Å². The fourth-order valence-corrected chi connectivity index (χ4v) is 3.22. The first-order valence-corrected chi connectivity index (χ1v) is 6.46. The Kier molecular flexibility index (Phi) is 2.29. The lowest BCUT2D eigenvalue weighted by Gasteiger charge is -2.45. The molecule has 0 radical (unpaired) electrons. The third-order valence-electron chi connectivity index (χ3n) is 3.51. The van der Waals surface area contributed by atoms with Gasteiger partial charge in [-0.15, -0.1) is 0 Å². The first-order chi connectivity index (χ1) is 7.34. The third-order valence-corrected chi connectivity index (χ3v) is 4.21. The Balaban J connectivity index is 1.92. The molecule has 0 spiro atoms. The lowest BCUT2D eigenvalue weighted by atomic mass is 9.83. The van der Waals surface area contributed by atoms with Crippen molar-refractivity contribution in [3.05, 3.63) is 28.1 Å². The number of nitrogens with zero attached hydrogens (tertiary/aromatic N) is 1. The summed E-state index contributed by atoms with van der Waals surface area (Å²) in [5.74, 6) is 0.500. The molecule has 1 aromatic heterocycles. The highest BCUT2D eigenvalue weighted by molar-refractivity contribution is 7.08. The molecule has 3 saturated heterocycles. The molecule has 0 unspecified atom stereocenters. The molecular weight excluding hydrogens is 206 g/mol. The van der Waals surface area contributed by atoms with Gasteiger partial charge in [0.25, 0.3) is 0 Å². The van der Waals surface area contributed by atoms with Gasteiger partial charge >= 0.3 is 0 Å². The zero-order chi connectivity index (χ0) is 10.3. The second-order valence-electron chi connectivity index (χ2n) is 4.40. The van der Waals surface area contributed by atoms with E-state index in [1.165, 1.54) is 5.56 Å². The molecule has 80 valence electrons. The Hall–Kier alpha value is -0.800. The van der Waals surface area contributed by atoms with E-state index >= 15 is 0 Å². The molecule has 1 aromatic rings. The SMILES string of the molecule is O[C@H]1/C(=C/c2ccsc2)N2CCC1CC2. The van der Waals surface area contributed by atoms with Gasteiger partial charge in [-0.3, -0.25) is 0 Å². The number of piperidine rings is 3. The van der Waals surface area contributed by atoms with Crippen molar-refractivity contribution in [1.29, 1.82) is 0 Å². The monoisotopic (exact) mass is 221 g/mol. The molecule has 0 aromatic carbocycles. The first-order valence-electron chi connectivity index (χ1n) is 5.51. The summed E-state index contributed by atoms with van der Waals surface area (Å²) in [7, 11) is 0. The van der Waals surface area contributed by atoms with Crippen LogP contribution in [0.1, 0.15) is 18.4 Å². The van der Waals surface area contributed by atoms with Gasteiger partial charge in [0.15, 0.2) is 0 Å². The van der Waals surface area contributed by atoms with Gasteiger partial charge in [0.1, 0.15) is 0 Å². The highest BCUT2D eigenvalue weighted by Gasteiger charge is 2.36. The maximum atomic E-state index is 10.2. The van der Waals surface area contributed by atoms with E-state index in [4.69, 9.17) is 0 Å². The van der Waals surface area contributed by atoms with Crippen LogP contribution in [0.3, 0.4) is 0 Å². The molecule has 4 rings (SSSR count). The molecule has 0 aliphatic carbocycles. The number of hydrogen-bond acceptors (Lipinski definition) is 3. The first kappa shape index (κ1) is 9.43. The molecule has 3 fully saturated rings. The van der Waals surface area contributed by atoms with Crippen molar-refractivity contribution in [3.63, 3.8) is 0 Å². The Morgan fingerprint density at radius 3 is 2.80 bits per heavy atom. The van der Waals surface area contributed by atoms with Gasteiger partial charge in [-0.2, -0.15) is 11.3 Å². The Morgan fingerprint density at radius 1 is 1.40 bits per heavy atom. The molecule has 3 heteroatoms. The molecule has 2 bridgehead atoms. The minimum Gasteiger partial charge on any atom is -0.387 e. The van der Waals surface area contributed by atoms with Crippen LogP contribution < -0.4 is 0 Å². The second-order valence-corrected chi connectivity index (χ2v) is 5.18. The number of thiophene rings is 1. The van der Waals surface area contributed by atoms with E-state index in [2.05, 4.69) is 27.8 Å². The van der Waals surface area contributed by atoms with E-state index in [0.29, 0.717) is 5.92 Å². The van der Waals surface area contributed by atoms with Gasteiger partial charge in [-0.1, -0.05) is 0 Å². The van der Waals surface area contributed by atoms with E-state index in [-0.39, 0.29) is 6.10 Å². The number of aliphatic hydroxyl groups is 1. The maximum Gasteiger partial charge on any atom is 0.0965 e. The number of hydrogen-bond donors (Lipinski definition) is 1. The van der Waals surface area contributed by atoms with E-state index in [1.54, 1.807) is 11.3 Å². The average molecular weight is 221 g/mol. The summed E-state index contributed by atoms with van der Waals surface area (Å²) in [5, 5.41) is 14.4. The summed E-state index contributed by atoms with van der Waals surface area (Å²) in [6.07, 6.45) is 4.23. The van der Waals surface area contributed by atoms with Gasteiger partial charge in [-0.25, -0.2) is 0 Å². The van der Waals surface area contributed by atoms with Crippen molar-refractivity contribution in [2.45, 2.75) is 18.9 Å². The van der Waals surface area contributed by atoms with Crippen LogP contribution in [0.15, 0.2) is 22.5 Å². The summed E-state index contributed by atoms with van der Waals surface area (Å²) < 4.78 is 0. The van der Waals surface area contributed by atoms with Crippen molar-refractivity contribution >= 4 is 17.4 Å². The minimum atomic E-state index is -0.229. The van der Waals surface area contributed by atoms with Crippen LogP contribution in [-0.2, 0) is 0 Å². The third kappa shape index (κ3) is 1.60. The van der Waals surface area contributed by atoms with Crippen LogP contribution in [-0.4, -0.2) is 29.2 Å². The van der Waals surface area contributed by atoms with Gasteiger partial charge in [0.05, 0.1) is 6.10 Å². The summed E-state index contributed by atoms with van der Waals surface area (Å²) in [4.78, 5) is 2.34. The van der Waals surface area contributed by atoms with Gasteiger partial charge in [0.2, 0.25) is 0 Å². The van der Waals surface area contributed by atoms with Crippen LogP contribution >= 0.6 is 11.3 Å². The van der Waals surface area contributed by atoms with Gasteiger partial charge in [0, 0.05) is 18.8 Å². The molecule has 0 amide bonds. The summed E-state index contributed by atoms with van der Waals surface area (Å²) in [6, 6.07) is 2.10. The topological polar surface area (TPSA) is 23.5 Å². The molecular formula is C12H15NOS. The molecule has 3 aliphatic heterocycles. The normalized spacial score (nSPS) is 32.6. The van der Waals surface area contributed by atoms with E-state index in [1.807, 2.05) is 0 Å². The van der Waals surface area contributed by atoms with Gasteiger partial charge in [-0.05, 0) is 47.2 Å². The van der Waals surface area contributed by atoms with Crippen molar-refractivity contribution in [2.75, 3.05) is 13.1 Å². The zero-order valence-electron chi connectivity index (χ0n) is 8.60. The summed E-state index contributed by atoms with van der Waals surface area (Å²) in [5.41, 5.74) is 2.36. The largest absolute Gasteiger partial charge is 0.387 e. The minimum absolute atomic E-state index is 0.229. The second kappa shape index (κ2) is 3.65. The molecule has 1 atom stereocenters. The summed E-state index contributed by atoms with van der Waals surface area (Å²) in [6.45, 7) is 2.25.